The van der Waals surface area contributed by atoms with Gasteiger partial charge in [0.1, 0.15) is 41.6 Å². The lowest BCUT2D eigenvalue weighted by atomic mass is 9.59. The summed E-state index contributed by atoms with van der Waals surface area (Å²) in [5, 5.41) is 26.2. The number of ketones is 1. The molecule has 0 saturated heterocycles. The van der Waals surface area contributed by atoms with Crippen molar-refractivity contribution < 1.29 is 67.5 Å². The molecule has 1 aliphatic heterocycles. The number of carboxylic acids is 2. The number of rotatable bonds is 27. The maximum atomic E-state index is 15.9. The number of H-pyrrole nitrogens is 1. The summed E-state index contributed by atoms with van der Waals surface area (Å²) in [6.07, 6.45) is 5.22. The largest absolute Gasteiger partial charge is 0.478 e. The van der Waals surface area contributed by atoms with E-state index in [4.69, 9.17) is 23.9 Å². The number of hydrogen-bond acceptors (Lipinski definition) is 15. The molecular weight excluding hydrogens is 1260 g/mol. The lowest BCUT2D eigenvalue weighted by Crippen LogP contribution is -2.50. The van der Waals surface area contributed by atoms with E-state index < -0.39 is 86.7 Å². The SMILES string of the molecule is CCC(CC)(SCCOC(=O)Cc1cc(C(=O)O)c(C(C)=O)cc1C(=O)O)C(=O)NC1=NC(=Cc2[nH]c(NC(=O)C(CC)(CC)SCCOC)c(C(=O)OC3C(C(C)(C)C)CC(C)CC3C(C)(C)C)c2C(C)C)C(C(C)C)=C1C(=O)OC1C(C(C)(C)C)CC(C)CC1C(C)(C)C. The molecule has 20 heteroatoms. The van der Waals surface area contributed by atoms with Gasteiger partial charge >= 0.3 is 29.8 Å². The number of aliphatic imine (C=N–C) groups is 1. The summed E-state index contributed by atoms with van der Waals surface area (Å²) in [4.78, 5) is 121. The topological polar surface area (TPSA) is 266 Å². The molecule has 4 unspecified atom stereocenters. The van der Waals surface area contributed by atoms with Gasteiger partial charge in [-0.3, -0.25) is 19.2 Å². The van der Waals surface area contributed by atoms with Crippen LogP contribution in [0.15, 0.2) is 34.0 Å². The molecule has 5 rings (SSSR count). The predicted molar refractivity (Wildman–Crippen MR) is 385 cm³/mol. The second-order valence-corrected chi connectivity index (χ2v) is 35.1. The van der Waals surface area contributed by atoms with Crippen molar-refractivity contribution >= 4 is 88.7 Å². The van der Waals surface area contributed by atoms with Crippen LogP contribution in [0.25, 0.3) is 6.08 Å². The van der Waals surface area contributed by atoms with E-state index in [0.29, 0.717) is 59.6 Å². The number of thioether (sulfide) groups is 2. The Morgan fingerprint density at radius 2 is 1.06 bits per heavy atom. The highest BCUT2D eigenvalue weighted by molar-refractivity contribution is 8.01. The van der Waals surface area contributed by atoms with Gasteiger partial charge in [-0.25, -0.2) is 24.2 Å². The minimum atomic E-state index is -1.47. The number of amides is 2. The molecule has 0 bridgehead atoms. The number of nitrogens with zero attached hydrogens (tertiary/aromatic N) is 1. The van der Waals surface area contributed by atoms with E-state index in [1.54, 1.807) is 13.2 Å². The molecule has 2 heterocycles. The van der Waals surface area contributed by atoms with Crippen LogP contribution in [0.4, 0.5) is 5.82 Å². The summed E-state index contributed by atoms with van der Waals surface area (Å²) in [5.41, 5.74) is -0.135. The third kappa shape index (κ3) is 19.0. The first-order valence-corrected chi connectivity index (χ1v) is 36.8. The van der Waals surface area contributed by atoms with Crippen molar-refractivity contribution in [2.75, 3.05) is 37.1 Å². The molecule has 0 radical (unpaired) electrons. The first-order valence-electron chi connectivity index (χ1n) is 34.8. The fourth-order valence-corrected chi connectivity index (χ4v) is 17.2. The van der Waals surface area contributed by atoms with Crippen molar-refractivity contribution in [3.63, 3.8) is 0 Å². The minimum absolute atomic E-state index is 0.0182. The highest BCUT2D eigenvalue weighted by Gasteiger charge is 2.51. The van der Waals surface area contributed by atoms with Crippen LogP contribution < -0.4 is 10.6 Å². The van der Waals surface area contributed by atoms with Gasteiger partial charge in [0.25, 0.3) is 0 Å². The van der Waals surface area contributed by atoms with Crippen molar-refractivity contribution in [1.82, 2.24) is 10.3 Å². The first-order chi connectivity index (χ1) is 44.4. The van der Waals surface area contributed by atoms with Crippen molar-refractivity contribution in [2.24, 2.45) is 68.1 Å². The molecule has 2 saturated carbocycles. The van der Waals surface area contributed by atoms with Gasteiger partial charge < -0.3 is 44.8 Å². The fourth-order valence-electron chi connectivity index (χ4n) is 14.8. The summed E-state index contributed by atoms with van der Waals surface area (Å²) >= 11 is 2.75. The van der Waals surface area contributed by atoms with Crippen LogP contribution in [0.1, 0.15) is 275 Å². The molecule has 2 aromatic rings. The number of allylic oxidation sites excluding steroid dienone is 1. The van der Waals surface area contributed by atoms with Crippen LogP contribution in [-0.2, 0) is 44.5 Å². The Balaban J connectivity index is 1.73. The van der Waals surface area contributed by atoms with Crippen LogP contribution in [0, 0.1) is 63.1 Å². The fraction of sp³-hybridized carbons (Fsp3) is 0.697. The molecule has 5 N–H and O–H groups in total. The summed E-state index contributed by atoms with van der Waals surface area (Å²) in [6.45, 7) is 47.8. The summed E-state index contributed by atoms with van der Waals surface area (Å²) < 4.78 is 23.0. The molecule has 96 heavy (non-hydrogen) atoms. The van der Waals surface area contributed by atoms with Crippen molar-refractivity contribution in [3.8, 4) is 0 Å². The maximum Gasteiger partial charge on any atom is 0.342 e. The predicted octanol–water partition coefficient (Wildman–Crippen LogP) is 16.5. The number of carbonyl (C=O) groups is 8. The zero-order chi connectivity index (χ0) is 72.7. The molecule has 2 fully saturated rings. The molecular formula is C76H116N4O14S2. The van der Waals surface area contributed by atoms with E-state index in [2.05, 4.69) is 113 Å². The van der Waals surface area contributed by atoms with Gasteiger partial charge in [0, 0.05) is 53.5 Å². The van der Waals surface area contributed by atoms with Crippen LogP contribution in [0.5, 0.6) is 0 Å². The highest BCUT2D eigenvalue weighted by atomic mass is 32.2. The molecule has 536 valence electrons. The number of ether oxygens (including phenoxy) is 4. The number of esters is 3. The quantitative estimate of drug-likeness (QED) is 0.0241. The maximum absolute atomic E-state index is 15.9. The Hall–Kier alpha value is -5.73. The molecule has 2 aliphatic carbocycles. The van der Waals surface area contributed by atoms with E-state index >= 15 is 19.2 Å². The van der Waals surface area contributed by atoms with Crippen LogP contribution in [-0.4, -0.2) is 122 Å². The van der Waals surface area contributed by atoms with Crippen LogP contribution in [0.3, 0.4) is 0 Å². The van der Waals surface area contributed by atoms with Gasteiger partial charge in [-0.2, -0.15) is 0 Å². The number of benzene rings is 1. The Morgan fingerprint density at radius 1 is 0.625 bits per heavy atom. The number of methoxy groups -OCH3 is 1. The Labute approximate surface area is 581 Å². The van der Waals surface area contributed by atoms with Gasteiger partial charge in [0.2, 0.25) is 11.8 Å². The summed E-state index contributed by atoms with van der Waals surface area (Å²) in [7, 11) is 1.63. The number of amidine groups is 1. The number of anilines is 1. The standard InChI is InChI=1S/C76H116N4O14S2/c1-25-75(26-2,95-31-29-91-24)69(89)79-63-59(67(87)93-61-50(71(12,13)14)33-43(9)34-51(61)72(15,16)17)57(41(5)6)54(77-63)40-55-58(42(7)8)60(68(88)94-62-52(73(18,19)20)35-44(10)36-53(62)74(21,22)23)64(78-55)80-70(90)76(27-3,28-4)96-32-30-92-56(82)38-46-37-49(66(85)86)47(45(11)81)39-48(46)65(83)84/h37,39-44,50-53,61-62,77H,25-36,38H2,1-24H3,(H,79,89)(H,83,84)(H,85,86)(H,78,80,90). The Morgan fingerprint density at radius 3 is 1.46 bits per heavy atom. The number of hydrogen-bond donors (Lipinski definition) is 5. The lowest BCUT2D eigenvalue weighted by molar-refractivity contribution is -0.164. The molecule has 2 amide bonds. The molecule has 3 aliphatic rings. The van der Waals surface area contributed by atoms with Gasteiger partial charge in [-0.15, -0.1) is 23.5 Å². The Bertz CT molecular complexity index is 3230. The number of aromatic nitrogens is 1. The third-order valence-corrected chi connectivity index (χ3v) is 23.8. The van der Waals surface area contributed by atoms with Gasteiger partial charge in [0.05, 0.1) is 39.3 Å². The molecule has 18 nitrogen and oxygen atoms in total. The van der Waals surface area contributed by atoms with Gasteiger partial charge in [-0.1, -0.05) is 152 Å². The number of nitrogens with one attached hydrogen (secondary N) is 3. The highest BCUT2D eigenvalue weighted by Crippen LogP contribution is 2.53. The number of carbonyl (C=O) groups excluding carboxylic acids is 6. The van der Waals surface area contributed by atoms with E-state index in [1.165, 1.54) is 23.5 Å². The zero-order valence-corrected chi connectivity index (χ0v) is 63.9. The van der Waals surface area contributed by atoms with E-state index in [0.717, 1.165) is 44.7 Å². The second-order valence-electron chi connectivity index (χ2n) is 32.2. The molecule has 1 aromatic carbocycles. The van der Waals surface area contributed by atoms with Gasteiger partial charge in [-0.05, 0) is 139 Å². The van der Waals surface area contributed by atoms with E-state index in [9.17, 15) is 29.4 Å². The molecule has 4 atom stereocenters. The number of aromatic amines is 1. The monoisotopic (exact) mass is 1370 g/mol. The zero-order valence-electron chi connectivity index (χ0n) is 62.3. The van der Waals surface area contributed by atoms with Crippen LogP contribution >= 0.6 is 23.5 Å². The number of Topliss-reactive ketones (excluding diaryl/α,β-unsaturated/α-hetero) is 1. The number of carboxylic acid groups (broad SMARTS) is 2. The molecule has 0 spiro atoms. The number of aromatic carboxylic acids is 2. The lowest BCUT2D eigenvalue weighted by Gasteiger charge is -2.50. The van der Waals surface area contributed by atoms with Crippen molar-refractivity contribution in [2.45, 2.75) is 245 Å². The normalized spacial score (nSPS) is 21.9. The average molecular weight is 1370 g/mol. The van der Waals surface area contributed by atoms with Crippen molar-refractivity contribution in [3.05, 3.63) is 68.1 Å². The average Bonchev–Trinajstić information content (AvgIpc) is 1.47. The summed E-state index contributed by atoms with van der Waals surface area (Å²) in [5.74, 6) is -5.57. The van der Waals surface area contributed by atoms with Crippen LogP contribution in [0.2, 0.25) is 0 Å². The van der Waals surface area contributed by atoms with E-state index in [1.807, 2.05) is 55.4 Å². The second kappa shape index (κ2) is 32.5. The third-order valence-electron chi connectivity index (χ3n) is 20.5. The Kier molecular flexibility index (Phi) is 27.4. The summed E-state index contributed by atoms with van der Waals surface area (Å²) in [6, 6.07) is 1.96. The van der Waals surface area contributed by atoms with Gasteiger partial charge in [0.15, 0.2) is 5.78 Å². The van der Waals surface area contributed by atoms with Crippen molar-refractivity contribution in [1.29, 1.82) is 0 Å². The van der Waals surface area contributed by atoms with E-state index in [-0.39, 0.29) is 116 Å². The minimum Gasteiger partial charge on any atom is -0.478 e. The first kappa shape index (κ1) is 80.9. The smallest absolute Gasteiger partial charge is 0.342 e. The molecule has 1 aromatic heterocycles.